The van der Waals surface area contributed by atoms with E-state index in [9.17, 15) is 19.8 Å². The molecule has 4 aliphatic carbocycles. The average Bonchev–Trinajstić information content (AvgIpc) is 3.15. The van der Waals surface area contributed by atoms with Gasteiger partial charge in [-0.1, -0.05) is 20.8 Å². The fraction of sp³-hybridized carbons (Fsp3) is 0.926. The maximum atomic E-state index is 12.4. The number of nitrogens with one attached hydrogen (secondary N) is 1. The summed E-state index contributed by atoms with van der Waals surface area (Å²) in [6, 6.07) is -0.950. The molecule has 0 aromatic heterocycles. The number of hydrogen-bond donors (Lipinski definition) is 5. The Balaban J connectivity index is 1.43. The minimum absolute atomic E-state index is 0.0759. The van der Waals surface area contributed by atoms with Gasteiger partial charge in [-0.2, -0.15) is 12.6 Å². The molecule has 4 aliphatic rings. The second kappa shape index (κ2) is 9.93. The van der Waals surface area contributed by atoms with Crippen LogP contribution in [0.1, 0.15) is 85.0 Å². The summed E-state index contributed by atoms with van der Waals surface area (Å²) in [5.74, 6) is 1.75. The van der Waals surface area contributed by atoms with Crippen LogP contribution >= 0.6 is 12.6 Å². The molecule has 194 valence electrons. The summed E-state index contributed by atoms with van der Waals surface area (Å²) in [5, 5.41) is 33.6. The van der Waals surface area contributed by atoms with E-state index in [1.165, 1.54) is 12.8 Å². The Kier molecular flexibility index (Phi) is 7.67. The lowest BCUT2D eigenvalue weighted by atomic mass is 9.43. The molecule has 0 aromatic carbocycles. The summed E-state index contributed by atoms with van der Waals surface area (Å²) in [6.45, 7) is 6.96. The predicted molar refractivity (Wildman–Crippen MR) is 134 cm³/mol. The molecule has 34 heavy (non-hydrogen) atoms. The number of aliphatic hydroxyl groups excluding tert-OH is 2. The van der Waals surface area contributed by atoms with Crippen LogP contribution in [0, 0.1) is 46.3 Å². The van der Waals surface area contributed by atoms with Gasteiger partial charge in [0, 0.05) is 12.2 Å². The van der Waals surface area contributed by atoms with Crippen molar-refractivity contribution >= 4 is 24.5 Å². The van der Waals surface area contributed by atoms with Gasteiger partial charge in [-0.25, -0.2) is 4.79 Å². The Morgan fingerprint density at radius 3 is 2.47 bits per heavy atom. The van der Waals surface area contributed by atoms with Crippen molar-refractivity contribution < 1.29 is 24.9 Å². The van der Waals surface area contributed by atoms with Gasteiger partial charge in [0.05, 0.1) is 12.2 Å². The van der Waals surface area contributed by atoms with E-state index in [2.05, 4.69) is 38.7 Å². The summed E-state index contributed by atoms with van der Waals surface area (Å²) in [6.07, 6.45) is 8.96. The van der Waals surface area contributed by atoms with Crippen LogP contribution in [0.3, 0.4) is 0 Å². The van der Waals surface area contributed by atoms with E-state index in [1.54, 1.807) is 0 Å². The third kappa shape index (κ3) is 4.43. The zero-order valence-electron chi connectivity index (χ0n) is 21.1. The molecule has 4 rings (SSSR count). The molecule has 0 aromatic rings. The summed E-state index contributed by atoms with van der Waals surface area (Å²) >= 11 is 4.02. The van der Waals surface area contributed by atoms with Crippen LogP contribution in [0.5, 0.6) is 0 Å². The van der Waals surface area contributed by atoms with Crippen molar-refractivity contribution in [2.24, 2.45) is 46.3 Å². The fourth-order valence-electron chi connectivity index (χ4n) is 9.17. The Morgan fingerprint density at radius 1 is 1.06 bits per heavy atom. The van der Waals surface area contributed by atoms with Crippen LogP contribution in [0.25, 0.3) is 0 Å². The largest absolute Gasteiger partial charge is 0.480 e. The second-order valence-electron chi connectivity index (χ2n) is 12.5. The van der Waals surface area contributed by atoms with E-state index in [4.69, 9.17) is 5.11 Å². The Hall–Kier alpha value is -0.790. The van der Waals surface area contributed by atoms with Gasteiger partial charge in [-0.15, -0.1) is 0 Å². The molecule has 7 heteroatoms. The van der Waals surface area contributed by atoms with Gasteiger partial charge >= 0.3 is 5.97 Å². The number of carbonyl (C=O) groups excluding carboxylic acids is 1. The molecule has 4 N–H and O–H groups in total. The normalized spacial score (nSPS) is 45.4. The van der Waals surface area contributed by atoms with Crippen molar-refractivity contribution in [3.05, 3.63) is 0 Å². The maximum absolute atomic E-state index is 12.4. The van der Waals surface area contributed by atoms with Gasteiger partial charge in [0.2, 0.25) is 5.91 Å². The smallest absolute Gasteiger partial charge is 0.327 e. The van der Waals surface area contributed by atoms with E-state index in [0.29, 0.717) is 48.3 Å². The molecule has 1 amide bonds. The van der Waals surface area contributed by atoms with Crippen molar-refractivity contribution in [3.8, 4) is 0 Å². The first-order valence-corrected chi connectivity index (χ1v) is 14.1. The number of thiol groups is 1. The van der Waals surface area contributed by atoms with Crippen molar-refractivity contribution in [3.63, 3.8) is 0 Å². The summed E-state index contributed by atoms with van der Waals surface area (Å²) < 4.78 is 0. The molecule has 0 spiro atoms. The first-order valence-electron chi connectivity index (χ1n) is 13.5. The van der Waals surface area contributed by atoms with Crippen molar-refractivity contribution in [1.82, 2.24) is 5.32 Å². The van der Waals surface area contributed by atoms with E-state index < -0.39 is 12.0 Å². The number of fused-ring (bicyclic) bond motifs is 5. The molecular weight excluding hydrogens is 450 g/mol. The third-order valence-corrected chi connectivity index (χ3v) is 11.5. The monoisotopic (exact) mass is 495 g/mol. The van der Waals surface area contributed by atoms with E-state index in [-0.39, 0.29) is 34.7 Å². The number of aliphatic carboxylic acids is 1. The highest BCUT2D eigenvalue weighted by Crippen LogP contribution is 2.68. The van der Waals surface area contributed by atoms with Crippen molar-refractivity contribution in [2.75, 3.05) is 5.75 Å². The predicted octanol–water partition coefficient (Wildman–Crippen LogP) is 3.89. The minimum Gasteiger partial charge on any atom is -0.480 e. The molecule has 0 bridgehead atoms. The highest BCUT2D eigenvalue weighted by Gasteiger charge is 2.63. The van der Waals surface area contributed by atoms with Crippen LogP contribution in [0.2, 0.25) is 0 Å². The SMILES string of the molecule is C[C@H](CCC(=O)N[C@@H](CS)C(=O)O)[C@H]1CC[C@H]2[C@@H]3CC[C@@H]4C[C@H](O)CC[C@]4(C)[C@H]3C[C@H](O)[C@]12C. The molecule has 6 nitrogen and oxygen atoms in total. The van der Waals surface area contributed by atoms with Crippen LogP contribution in [-0.4, -0.2) is 51.2 Å². The highest BCUT2D eigenvalue weighted by atomic mass is 32.1. The lowest BCUT2D eigenvalue weighted by Crippen LogP contribution is -2.58. The lowest BCUT2D eigenvalue weighted by Gasteiger charge is -2.62. The number of hydrogen-bond acceptors (Lipinski definition) is 5. The summed E-state index contributed by atoms with van der Waals surface area (Å²) in [4.78, 5) is 23.6. The summed E-state index contributed by atoms with van der Waals surface area (Å²) in [7, 11) is 0. The maximum Gasteiger partial charge on any atom is 0.327 e. The molecule has 0 radical (unpaired) electrons. The van der Waals surface area contributed by atoms with Gasteiger partial charge in [0.1, 0.15) is 6.04 Å². The van der Waals surface area contributed by atoms with Crippen LogP contribution in [-0.2, 0) is 9.59 Å². The highest BCUT2D eigenvalue weighted by molar-refractivity contribution is 7.80. The standard InChI is InChI=1S/C27H45NO5S/c1-15(4-9-24(31)28-22(14-34)25(32)33)19-7-8-20-18-6-5-16-12-17(29)10-11-26(16,2)21(18)13-23(30)27(19,20)3/h15-23,29-30,34H,4-14H2,1-3H3,(H,28,31)(H,32,33)/t15-,16-,17-,18+,19-,20+,21+,22+,23+,26+,27-/m1/s1. The van der Waals surface area contributed by atoms with Crippen molar-refractivity contribution in [2.45, 2.75) is 103 Å². The number of carboxylic acid groups (broad SMARTS) is 1. The zero-order chi connectivity index (χ0) is 24.8. The van der Waals surface area contributed by atoms with Crippen LogP contribution in [0.15, 0.2) is 0 Å². The Morgan fingerprint density at radius 2 is 1.79 bits per heavy atom. The molecular formula is C27H45NO5S. The topological polar surface area (TPSA) is 107 Å². The number of carbonyl (C=O) groups is 2. The van der Waals surface area contributed by atoms with Crippen LogP contribution in [0.4, 0.5) is 0 Å². The van der Waals surface area contributed by atoms with E-state index >= 15 is 0 Å². The van der Waals surface area contributed by atoms with Gasteiger partial charge in [0.15, 0.2) is 0 Å². The molecule has 11 atom stereocenters. The molecule has 0 unspecified atom stereocenters. The fourth-order valence-corrected chi connectivity index (χ4v) is 9.42. The van der Waals surface area contributed by atoms with E-state index in [1.807, 2.05) is 0 Å². The molecule has 4 saturated carbocycles. The molecule has 0 heterocycles. The number of carboxylic acids is 1. The van der Waals surface area contributed by atoms with Gasteiger partial charge in [-0.3, -0.25) is 4.79 Å². The third-order valence-electron chi connectivity index (χ3n) is 11.1. The van der Waals surface area contributed by atoms with Gasteiger partial charge in [0.25, 0.3) is 0 Å². The minimum atomic E-state index is -1.06. The average molecular weight is 496 g/mol. The first-order chi connectivity index (χ1) is 16.0. The molecule has 0 aliphatic heterocycles. The molecule has 0 saturated heterocycles. The number of rotatable bonds is 7. The Bertz CT molecular complexity index is 778. The Labute approximate surface area is 210 Å². The quantitative estimate of drug-likeness (QED) is 0.345. The lowest BCUT2D eigenvalue weighted by molar-refractivity contribution is -0.175. The second-order valence-corrected chi connectivity index (χ2v) is 12.9. The number of aliphatic hydroxyl groups is 2. The van der Waals surface area contributed by atoms with Gasteiger partial charge in [-0.05, 0) is 104 Å². The molecule has 4 fully saturated rings. The zero-order valence-corrected chi connectivity index (χ0v) is 22.0. The first kappa shape index (κ1) is 26.3. The van der Waals surface area contributed by atoms with Crippen molar-refractivity contribution in [1.29, 1.82) is 0 Å². The number of amides is 1. The van der Waals surface area contributed by atoms with E-state index in [0.717, 1.165) is 38.5 Å². The van der Waals surface area contributed by atoms with Crippen LogP contribution < -0.4 is 5.32 Å². The van der Waals surface area contributed by atoms with Gasteiger partial charge < -0.3 is 20.6 Å². The summed E-state index contributed by atoms with van der Waals surface area (Å²) in [5.41, 5.74) is 0.114.